The van der Waals surface area contributed by atoms with Crippen LogP contribution in [0.4, 0.5) is 4.79 Å². The van der Waals surface area contributed by atoms with Gasteiger partial charge < -0.3 is 26.5 Å². The highest BCUT2D eigenvalue weighted by Gasteiger charge is 2.26. The largest absolute Gasteiger partial charge is 0.391 e. The number of primary amides is 1. The number of nitrogens with one attached hydrogen (secondary N) is 3. The molecule has 124 valence electrons. The molecule has 1 aromatic heterocycles. The molecule has 0 bridgehead atoms. The van der Waals surface area contributed by atoms with Crippen LogP contribution in [0, 0.1) is 0 Å². The van der Waals surface area contributed by atoms with E-state index in [9.17, 15) is 14.7 Å². The van der Waals surface area contributed by atoms with Crippen molar-refractivity contribution in [3.8, 4) is 0 Å². The van der Waals surface area contributed by atoms with Gasteiger partial charge in [0.15, 0.2) is 0 Å². The third-order valence-corrected chi connectivity index (χ3v) is 3.82. The zero-order chi connectivity index (χ0) is 16.7. The Balaban J connectivity index is 0.000000224. The van der Waals surface area contributed by atoms with Gasteiger partial charge in [-0.3, -0.25) is 4.79 Å². The summed E-state index contributed by atoms with van der Waals surface area (Å²) in [7, 11) is 0. The molecule has 22 heavy (non-hydrogen) atoms. The molecule has 1 heterocycles. The number of carbonyl (C=O) groups is 2. The Hall–Kier alpha value is -1.44. The first-order chi connectivity index (χ1) is 10.3. The highest BCUT2D eigenvalue weighted by Crippen LogP contribution is 2.21. The van der Waals surface area contributed by atoms with Gasteiger partial charge in [0, 0.05) is 6.54 Å². The van der Waals surface area contributed by atoms with Crippen molar-refractivity contribution in [3.63, 3.8) is 0 Å². The standard InChI is InChI=1S/C8H16N2O2.C5H4Cl2N2O/c1-2-9-8(12)10-6-4-3-5-7(6)11;6-2-1-3(5(8)10)9-4(2)7/h6-7,11H,2-5H2,1H3,(H2,9,10,12);1,9H,(H2,8,10)/t6-,7-;/m0./s1. The van der Waals surface area contributed by atoms with E-state index in [-0.39, 0.29) is 29.0 Å². The summed E-state index contributed by atoms with van der Waals surface area (Å²) >= 11 is 11.0. The Morgan fingerprint density at radius 3 is 2.50 bits per heavy atom. The predicted molar refractivity (Wildman–Crippen MR) is 85.2 cm³/mol. The second kappa shape index (κ2) is 8.87. The Labute approximate surface area is 138 Å². The summed E-state index contributed by atoms with van der Waals surface area (Å²) < 4.78 is 0. The Morgan fingerprint density at radius 2 is 2.14 bits per heavy atom. The van der Waals surface area contributed by atoms with Crippen LogP contribution in [0.5, 0.6) is 0 Å². The normalized spacial score (nSPS) is 20.0. The lowest BCUT2D eigenvalue weighted by Crippen LogP contribution is -2.45. The van der Waals surface area contributed by atoms with Crippen LogP contribution in [0.15, 0.2) is 6.07 Å². The summed E-state index contributed by atoms with van der Waals surface area (Å²) in [6.07, 6.45) is 2.33. The number of aromatic nitrogens is 1. The molecule has 1 fully saturated rings. The van der Waals surface area contributed by atoms with Crippen molar-refractivity contribution in [1.29, 1.82) is 0 Å². The highest BCUT2D eigenvalue weighted by atomic mass is 35.5. The summed E-state index contributed by atoms with van der Waals surface area (Å²) in [5.41, 5.74) is 5.13. The molecule has 0 spiro atoms. The zero-order valence-electron chi connectivity index (χ0n) is 12.2. The fourth-order valence-electron chi connectivity index (χ4n) is 2.03. The number of hydrogen-bond acceptors (Lipinski definition) is 3. The lowest BCUT2D eigenvalue weighted by atomic mass is 10.2. The number of halogens is 2. The first-order valence-electron chi connectivity index (χ1n) is 6.91. The van der Waals surface area contributed by atoms with Gasteiger partial charge in [-0.25, -0.2) is 4.79 Å². The number of amides is 3. The van der Waals surface area contributed by atoms with E-state index in [1.54, 1.807) is 0 Å². The summed E-state index contributed by atoms with van der Waals surface area (Å²) in [6, 6.07) is 1.16. The monoisotopic (exact) mass is 350 g/mol. The van der Waals surface area contributed by atoms with Crippen LogP contribution in [0.25, 0.3) is 0 Å². The van der Waals surface area contributed by atoms with Gasteiger partial charge in [-0.05, 0) is 32.3 Å². The topological polar surface area (TPSA) is 120 Å². The number of rotatable bonds is 3. The molecule has 1 aliphatic carbocycles. The minimum Gasteiger partial charge on any atom is -0.391 e. The molecule has 1 aromatic rings. The van der Waals surface area contributed by atoms with E-state index >= 15 is 0 Å². The molecule has 0 saturated heterocycles. The van der Waals surface area contributed by atoms with Crippen molar-refractivity contribution < 1.29 is 14.7 Å². The van der Waals surface area contributed by atoms with E-state index < -0.39 is 5.91 Å². The number of hydrogen-bond donors (Lipinski definition) is 5. The summed E-state index contributed by atoms with van der Waals surface area (Å²) in [6.45, 7) is 2.49. The van der Waals surface area contributed by atoms with Gasteiger partial charge >= 0.3 is 6.03 Å². The van der Waals surface area contributed by atoms with Crippen LogP contribution >= 0.6 is 23.2 Å². The van der Waals surface area contributed by atoms with Gasteiger partial charge in [0.25, 0.3) is 5.91 Å². The summed E-state index contributed by atoms with van der Waals surface area (Å²) in [5, 5.41) is 15.3. The second-order valence-corrected chi connectivity index (χ2v) is 5.60. The van der Waals surface area contributed by atoms with Crippen LogP contribution in [0.3, 0.4) is 0 Å². The molecule has 0 aromatic carbocycles. The van der Waals surface area contributed by atoms with Crippen LogP contribution in [0.2, 0.25) is 10.2 Å². The Morgan fingerprint density at radius 1 is 1.45 bits per heavy atom. The van der Waals surface area contributed by atoms with Crippen molar-refractivity contribution in [1.82, 2.24) is 15.6 Å². The molecule has 7 nitrogen and oxygen atoms in total. The van der Waals surface area contributed by atoms with Gasteiger partial charge in [0.1, 0.15) is 10.8 Å². The highest BCUT2D eigenvalue weighted by molar-refractivity contribution is 6.41. The van der Waals surface area contributed by atoms with Crippen molar-refractivity contribution >= 4 is 35.1 Å². The van der Waals surface area contributed by atoms with Gasteiger partial charge in [0.2, 0.25) is 0 Å². The van der Waals surface area contributed by atoms with Crippen LogP contribution in [-0.2, 0) is 0 Å². The van der Waals surface area contributed by atoms with Crippen molar-refractivity contribution in [2.45, 2.75) is 38.3 Å². The van der Waals surface area contributed by atoms with Crippen molar-refractivity contribution in [2.75, 3.05) is 6.54 Å². The van der Waals surface area contributed by atoms with Crippen LogP contribution in [-0.4, -0.2) is 40.7 Å². The number of carbonyl (C=O) groups excluding carboxylic acids is 2. The molecule has 6 N–H and O–H groups in total. The second-order valence-electron chi connectivity index (χ2n) is 4.82. The third kappa shape index (κ3) is 5.75. The third-order valence-electron chi connectivity index (χ3n) is 3.12. The maximum absolute atomic E-state index is 11.0. The Kier molecular flexibility index (Phi) is 7.50. The van der Waals surface area contributed by atoms with E-state index in [0.717, 1.165) is 19.3 Å². The number of urea groups is 1. The average Bonchev–Trinajstić information content (AvgIpc) is 2.98. The van der Waals surface area contributed by atoms with E-state index in [0.29, 0.717) is 11.6 Å². The van der Waals surface area contributed by atoms with Crippen molar-refractivity contribution in [3.05, 3.63) is 21.9 Å². The number of H-pyrrole nitrogens is 1. The fourth-order valence-corrected chi connectivity index (χ4v) is 2.34. The number of aromatic amines is 1. The first kappa shape index (κ1) is 18.6. The SMILES string of the molecule is CCNC(=O)N[C@H]1CCC[C@@H]1O.NC(=O)c1cc(Cl)c(Cl)[nH]1. The molecule has 1 saturated carbocycles. The van der Waals surface area contributed by atoms with Crippen LogP contribution in [0.1, 0.15) is 36.7 Å². The first-order valence-corrected chi connectivity index (χ1v) is 7.67. The lowest BCUT2D eigenvalue weighted by Gasteiger charge is -2.16. The van der Waals surface area contributed by atoms with E-state index in [2.05, 4.69) is 15.6 Å². The zero-order valence-corrected chi connectivity index (χ0v) is 13.7. The lowest BCUT2D eigenvalue weighted by molar-refractivity contribution is 0.0996. The molecule has 0 aliphatic heterocycles. The molecular formula is C13H20Cl2N4O3. The fraction of sp³-hybridized carbons (Fsp3) is 0.538. The Bertz CT molecular complexity index is 502. The maximum Gasteiger partial charge on any atom is 0.315 e. The molecule has 1 aliphatic rings. The van der Waals surface area contributed by atoms with E-state index in [1.807, 2.05) is 6.92 Å². The van der Waals surface area contributed by atoms with Gasteiger partial charge in [-0.2, -0.15) is 0 Å². The van der Waals surface area contributed by atoms with E-state index in [4.69, 9.17) is 28.9 Å². The van der Waals surface area contributed by atoms with Gasteiger partial charge in [0.05, 0.1) is 17.2 Å². The molecule has 3 amide bonds. The van der Waals surface area contributed by atoms with E-state index in [1.165, 1.54) is 6.07 Å². The minimum absolute atomic E-state index is 0.0449. The molecule has 2 atom stereocenters. The molecule has 2 rings (SSSR count). The number of aliphatic hydroxyl groups excluding tert-OH is 1. The summed E-state index contributed by atoms with van der Waals surface area (Å²) in [4.78, 5) is 24.0. The summed E-state index contributed by atoms with van der Waals surface area (Å²) in [5.74, 6) is -0.575. The minimum atomic E-state index is -0.575. The maximum atomic E-state index is 11.0. The quantitative estimate of drug-likeness (QED) is 0.569. The number of nitrogens with two attached hydrogens (primary N) is 1. The van der Waals surface area contributed by atoms with Crippen molar-refractivity contribution in [2.24, 2.45) is 5.73 Å². The van der Waals surface area contributed by atoms with Gasteiger partial charge in [-0.1, -0.05) is 23.2 Å². The number of aliphatic hydroxyl groups is 1. The smallest absolute Gasteiger partial charge is 0.315 e. The molecular weight excluding hydrogens is 331 g/mol. The molecule has 9 heteroatoms. The average molecular weight is 351 g/mol. The predicted octanol–water partition coefficient (Wildman–Crippen LogP) is 1.64. The molecule has 0 unspecified atom stereocenters. The molecule has 0 radical (unpaired) electrons. The van der Waals surface area contributed by atoms with Crippen LogP contribution < -0.4 is 16.4 Å². The van der Waals surface area contributed by atoms with Gasteiger partial charge in [-0.15, -0.1) is 0 Å².